The Morgan fingerprint density at radius 3 is 1.98 bits per heavy atom. The zero-order chi connectivity index (χ0) is 34.3. The molecule has 0 saturated heterocycles. The monoisotopic (exact) mass is 654 g/mol. The maximum Gasteiger partial charge on any atom is 0.328 e. The molecule has 0 aliphatic heterocycles. The summed E-state index contributed by atoms with van der Waals surface area (Å²) in [5.41, 5.74) is 4.76. The second-order valence-electron chi connectivity index (χ2n) is 11.8. The third-order valence-corrected chi connectivity index (χ3v) is 8.27. The number of methoxy groups -OCH3 is 1. The van der Waals surface area contributed by atoms with E-state index in [9.17, 15) is 14.4 Å². The van der Waals surface area contributed by atoms with Gasteiger partial charge in [0.05, 0.1) is 13.7 Å². The normalized spacial score (nSPS) is 11.3. The number of benzene rings is 5. The number of ether oxygens (including phenoxy) is 2. The molecule has 1 amide bonds. The largest absolute Gasteiger partial charge is 0.494 e. The summed E-state index contributed by atoms with van der Waals surface area (Å²) < 4.78 is 11.1. The van der Waals surface area contributed by atoms with E-state index in [1.165, 1.54) is 7.11 Å². The SMILES string of the molecule is COC(=O)C(Cc1ccc(OCCCN(Cc2ccccc2)C(=O)CCc2ccccc2)cc1)Nc1ccccc1C(=O)c1ccccc1. The van der Waals surface area contributed by atoms with Crippen molar-refractivity contribution in [3.63, 3.8) is 0 Å². The molecule has 1 unspecified atom stereocenters. The van der Waals surface area contributed by atoms with Crippen molar-refractivity contribution in [3.05, 3.63) is 167 Å². The molecule has 0 aliphatic rings. The number of aryl methyl sites for hydroxylation is 1. The molecule has 0 aromatic heterocycles. The van der Waals surface area contributed by atoms with Crippen molar-refractivity contribution in [2.75, 3.05) is 25.6 Å². The van der Waals surface area contributed by atoms with E-state index in [1.807, 2.05) is 102 Å². The molecule has 0 saturated carbocycles. The van der Waals surface area contributed by atoms with Crippen LogP contribution in [0.1, 0.15) is 45.5 Å². The number of carbonyl (C=O) groups is 3. The summed E-state index contributed by atoms with van der Waals surface area (Å²) in [5.74, 6) is 0.266. The summed E-state index contributed by atoms with van der Waals surface area (Å²) in [4.78, 5) is 41.2. The van der Waals surface area contributed by atoms with E-state index >= 15 is 0 Å². The first-order chi connectivity index (χ1) is 24.0. The number of hydrogen-bond acceptors (Lipinski definition) is 6. The number of nitrogens with zero attached hydrogens (tertiary/aromatic N) is 1. The van der Waals surface area contributed by atoms with Gasteiger partial charge in [-0.1, -0.05) is 115 Å². The first kappa shape index (κ1) is 34.6. The van der Waals surface area contributed by atoms with Crippen LogP contribution in [0.2, 0.25) is 0 Å². The van der Waals surface area contributed by atoms with Gasteiger partial charge in [-0.15, -0.1) is 0 Å². The van der Waals surface area contributed by atoms with Gasteiger partial charge in [-0.25, -0.2) is 4.79 Å². The lowest BCUT2D eigenvalue weighted by Crippen LogP contribution is -2.33. The Kier molecular flexibility index (Phi) is 12.7. The Balaban J connectivity index is 1.16. The standard InChI is InChI=1S/C42H42N2O5/c1-48-42(47)39(43-38-21-12-11-20-37(38)41(46)35-18-9-4-10-19-35)30-33-22-25-36(26-23-33)49-29-13-28-44(31-34-16-7-3-8-17-34)40(45)27-24-32-14-5-2-6-15-32/h2-12,14-23,25-26,39,43H,13,24,27-31H2,1H3. The molecule has 5 aromatic carbocycles. The van der Waals surface area contributed by atoms with Crippen LogP contribution in [-0.2, 0) is 33.7 Å². The molecule has 0 aliphatic carbocycles. The number of hydrogen-bond donors (Lipinski definition) is 1. The predicted octanol–water partition coefficient (Wildman–Crippen LogP) is 7.54. The second kappa shape index (κ2) is 18.0. The highest BCUT2D eigenvalue weighted by molar-refractivity contribution is 6.12. The smallest absolute Gasteiger partial charge is 0.328 e. The first-order valence-electron chi connectivity index (χ1n) is 16.6. The van der Waals surface area contributed by atoms with Crippen LogP contribution in [0.25, 0.3) is 0 Å². The van der Waals surface area contributed by atoms with Crippen molar-refractivity contribution in [2.45, 2.75) is 38.3 Å². The molecule has 0 heterocycles. The van der Waals surface area contributed by atoms with Gasteiger partial charge >= 0.3 is 5.97 Å². The van der Waals surface area contributed by atoms with Crippen molar-refractivity contribution in [1.82, 2.24) is 4.90 Å². The number of para-hydroxylation sites is 1. The van der Waals surface area contributed by atoms with Crippen LogP contribution in [0.4, 0.5) is 5.69 Å². The molecule has 0 radical (unpaired) electrons. The molecule has 5 rings (SSSR count). The van der Waals surface area contributed by atoms with Crippen molar-refractivity contribution in [3.8, 4) is 5.75 Å². The third-order valence-electron chi connectivity index (χ3n) is 8.27. The number of rotatable bonds is 17. The lowest BCUT2D eigenvalue weighted by molar-refractivity contribution is -0.141. The van der Waals surface area contributed by atoms with Crippen LogP contribution in [-0.4, -0.2) is 48.9 Å². The van der Waals surface area contributed by atoms with Gasteiger partial charge in [-0.2, -0.15) is 0 Å². The predicted molar refractivity (Wildman–Crippen MR) is 193 cm³/mol. The Morgan fingerprint density at radius 1 is 0.694 bits per heavy atom. The van der Waals surface area contributed by atoms with Crippen LogP contribution in [0, 0.1) is 0 Å². The summed E-state index contributed by atoms with van der Waals surface area (Å²) >= 11 is 0. The molecule has 1 N–H and O–H groups in total. The lowest BCUT2D eigenvalue weighted by Gasteiger charge is -2.23. The second-order valence-corrected chi connectivity index (χ2v) is 11.8. The zero-order valence-electron chi connectivity index (χ0n) is 27.8. The fourth-order valence-electron chi connectivity index (χ4n) is 5.63. The molecule has 1 atom stereocenters. The number of carbonyl (C=O) groups excluding carboxylic acids is 3. The molecule has 7 nitrogen and oxygen atoms in total. The van der Waals surface area contributed by atoms with E-state index in [0.717, 1.165) is 16.7 Å². The van der Waals surface area contributed by atoms with Crippen molar-refractivity contribution < 1.29 is 23.9 Å². The third kappa shape index (κ3) is 10.4. The lowest BCUT2D eigenvalue weighted by atomic mass is 10.00. The van der Waals surface area contributed by atoms with Crippen LogP contribution >= 0.6 is 0 Å². The summed E-state index contributed by atoms with van der Waals surface area (Å²) in [5, 5.41) is 3.25. The zero-order valence-corrected chi connectivity index (χ0v) is 27.8. The maximum atomic E-state index is 13.2. The van der Waals surface area contributed by atoms with Gasteiger partial charge < -0.3 is 19.7 Å². The number of amides is 1. The van der Waals surface area contributed by atoms with Gasteiger partial charge in [-0.3, -0.25) is 9.59 Å². The molecule has 0 bridgehead atoms. The van der Waals surface area contributed by atoms with E-state index in [0.29, 0.717) is 67.9 Å². The highest BCUT2D eigenvalue weighted by Gasteiger charge is 2.23. The van der Waals surface area contributed by atoms with Gasteiger partial charge in [0.25, 0.3) is 0 Å². The minimum atomic E-state index is -0.712. The van der Waals surface area contributed by atoms with Crippen molar-refractivity contribution in [2.24, 2.45) is 0 Å². The van der Waals surface area contributed by atoms with Crippen LogP contribution < -0.4 is 10.1 Å². The molecule has 5 aromatic rings. The van der Waals surface area contributed by atoms with E-state index in [1.54, 1.807) is 30.3 Å². The minimum absolute atomic E-state index is 0.123. The molecular formula is C42H42N2O5. The van der Waals surface area contributed by atoms with Gasteiger partial charge in [0.2, 0.25) is 5.91 Å². The quantitative estimate of drug-likeness (QED) is 0.0634. The highest BCUT2D eigenvalue weighted by atomic mass is 16.5. The average Bonchev–Trinajstić information content (AvgIpc) is 3.16. The van der Waals surface area contributed by atoms with Gasteiger partial charge in [0, 0.05) is 42.7 Å². The average molecular weight is 655 g/mol. The molecule has 49 heavy (non-hydrogen) atoms. The number of ketones is 1. The Labute approximate surface area is 288 Å². The number of esters is 1. The first-order valence-corrected chi connectivity index (χ1v) is 16.6. The minimum Gasteiger partial charge on any atom is -0.494 e. The fourth-order valence-corrected chi connectivity index (χ4v) is 5.63. The highest BCUT2D eigenvalue weighted by Crippen LogP contribution is 2.22. The van der Waals surface area contributed by atoms with E-state index in [4.69, 9.17) is 9.47 Å². The fraction of sp³-hybridized carbons (Fsp3) is 0.214. The molecule has 0 fully saturated rings. The topological polar surface area (TPSA) is 84.9 Å². The van der Waals surface area contributed by atoms with Gasteiger partial charge in [-0.05, 0) is 53.8 Å². The summed E-state index contributed by atoms with van der Waals surface area (Å²) in [7, 11) is 1.35. The van der Waals surface area contributed by atoms with Gasteiger partial charge in [0.15, 0.2) is 5.78 Å². The molecule has 250 valence electrons. The summed E-state index contributed by atoms with van der Waals surface area (Å²) in [6, 6.07) is 43.2. The molecule has 0 spiro atoms. The maximum absolute atomic E-state index is 13.2. The number of anilines is 1. The van der Waals surface area contributed by atoms with Crippen LogP contribution in [0.5, 0.6) is 5.75 Å². The van der Waals surface area contributed by atoms with E-state index in [2.05, 4.69) is 17.4 Å². The summed E-state index contributed by atoms with van der Waals surface area (Å²) in [6.07, 6.45) is 2.19. The van der Waals surface area contributed by atoms with Crippen LogP contribution in [0.3, 0.4) is 0 Å². The molecule has 7 heteroatoms. The van der Waals surface area contributed by atoms with E-state index in [-0.39, 0.29) is 11.7 Å². The Morgan fingerprint density at radius 2 is 1.31 bits per heavy atom. The Bertz CT molecular complexity index is 1780. The molecular weight excluding hydrogens is 612 g/mol. The number of nitrogens with one attached hydrogen (secondary N) is 1. The van der Waals surface area contributed by atoms with E-state index < -0.39 is 12.0 Å². The van der Waals surface area contributed by atoms with Crippen LogP contribution in [0.15, 0.2) is 140 Å². The van der Waals surface area contributed by atoms with Crippen molar-refractivity contribution >= 4 is 23.3 Å². The van der Waals surface area contributed by atoms with Gasteiger partial charge in [0.1, 0.15) is 11.8 Å². The van der Waals surface area contributed by atoms with Crippen molar-refractivity contribution in [1.29, 1.82) is 0 Å². The Hall–Kier alpha value is -5.69. The summed E-state index contributed by atoms with van der Waals surface area (Å²) in [6.45, 7) is 1.60.